The van der Waals surface area contributed by atoms with Crippen LogP contribution in [0.1, 0.15) is 49.6 Å². The summed E-state index contributed by atoms with van der Waals surface area (Å²) >= 11 is 1.87. The number of thiazole rings is 1. The van der Waals surface area contributed by atoms with E-state index in [1.807, 2.05) is 11.3 Å². The minimum absolute atomic E-state index is 0.698. The first-order valence-corrected chi connectivity index (χ1v) is 9.00. The summed E-state index contributed by atoms with van der Waals surface area (Å²) in [5.74, 6) is 0. The molecule has 0 amide bonds. The second kappa shape index (κ2) is 8.71. The molecule has 0 bridgehead atoms. The molecule has 0 aromatic carbocycles. The summed E-state index contributed by atoms with van der Waals surface area (Å²) in [7, 11) is 1.74. The van der Waals surface area contributed by atoms with Crippen LogP contribution in [0.15, 0.2) is 0 Å². The van der Waals surface area contributed by atoms with Crippen LogP contribution in [0, 0.1) is 6.92 Å². The molecule has 0 aliphatic carbocycles. The van der Waals surface area contributed by atoms with Crippen LogP contribution in [0.3, 0.4) is 0 Å². The minimum atomic E-state index is 0.698. The van der Waals surface area contributed by atoms with Gasteiger partial charge in [-0.05, 0) is 32.6 Å². The van der Waals surface area contributed by atoms with Crippen molar-refractivity contribution in [1.82, 2.24) is 10.3 Å². The van der Waals surface area contributed by atoms with E-state index >= 15 is 0 Å². The van der Waals surface area contributed by atoms with Gasteiger partial charge in [-0.1, -0.05) is 13.3 Å². The Morgan fingerprint density at radius 2 is 2.29 bits per heavy atom. The number of aryl methyl sites for hydroxylation is 1. The maximum atomic E-state index is 5.07. The lowest BCUT2D eigenvalue weighted by Crippen LogP contribution is -2.39. The Hall–Kier alpha value is -0.650. The van der Waals surface area contributed by atoms with Gasteiger partial charge in [-0.25, -0.2) is 4.98 Å². The lowest BCUT2D eigenvalue weighted by atomic mass is 9.99. The Bertz CT molecular complexity index is 420. The summed E-state index contributed by atoms with van der Waals surface area (Å²) < 4.78 is 5.07. The van der Waals surface area contributed by atoms with E-state index in [-0.39, 0.29) is 0 Å². The van der Waals surface area contributed by atoms with Crippen LogP contribution in [0.5, 0.6) is 0 Å². The van der Waals surface area contributed by atoms with Crippen molar-refractivity contribution in [3.63, 3.8) is 0 Å². The highest BCUT2D eigenvalue weighted by molar-refractivity contribution is 7.15. The number of piperidine rings is 1. The summed E-state index contributed by atoms with van der Waals surface area (Å²) in [5.41, 5.74) is 1.18. The molecule has 4 nitrogen and oxygen atoms in total. The SMILES string of the molecule is CCCC1CCCCN1c1nc(C)c(CNCCOC)s1. The van der Waals surface area contributed by atoms with E-state index in [4.69, 9.17) is 9.72 Å². The highest BCUT2D eigenvalue weighted by Gasteiger charge is 2.24. The third-order valence-electron chi connectivity index (χ3n) is 4.14. The zero-order valence-electron chi connectivity index (χ0n) is 13.7. The quantitative estimate of drug-likeness (QED) is 0.747. The van der Waals surface area contributed by atoms with Gasteiger partial charge in [0.25, 0.3) is 0 Å². The third kappa shape index (κ3) is 4.66. The lowest BCUT2D eigenvalue weighted by molar-refractivity contribution is 0.199. The molecule has 1 fully saturated rings. The Labute approximate surface area is 132 Å². The molecule has 1 aromatic heterocycles. The molecule has 1 N–H and O–H groups in total. The van der Waals surface area contributed by atoms with Gasteiger partial charge in [-0.15, -0.1) is 11.3 Å². The van der Waals surface area contributed by atoms with Crippen LogP contribution in [0.4, 0.5) is 5.13 Å². The first-order chi connectivity index (χ1) is 10.3. The summed E-state index contributed by atoms with van der Waals surface area (Å²) in [6.07, 6.45) is 6.56. The molecule has 1 aromatic rings. The topological polar surface area (TPSA) is 37.4 Å². The number of aromatic nitrogens is 1. The molecule has 0 radical (unpaired) electrons. The predicted octanol–water partition coefficient (Wildman–Crippen LogP) is 3.35. The van der Waals surface area contributed by atoms with Crippen molar-refractivity contribution in [3.8, 4) is 0 Å². The molecule has 2 heterocycles. The molecule has 1 saturated heterocycles. The number of methoxy groups -OCH3 is 1. The van der Waals surface area contributed by atoms with Gasteiger partial charge in [-0.2, -0.15) is 0 Å². The first-order valence-electron chi connectivity index (χ1n) is 8.18. The molecule has 0 spiro atoms. The first kappa shape index (κ1) is 16.7. The van der Waals surface area contributed by atoms with Gasteiger partial charge in [-0.3, -0.25) is 0 Å². The molecule has 1 aliphatic heterocycles. The van der Waals surface area contributed by atoms with E-state index in [1.54, 1.807) is 7.11 Å². The lowest BCUT2D eigenvalue weighted by Gasteiger charge is -2.35. The highest BCUT2D eigenvalue weighted by atomic mass is 32.1. The standard InChI is InChI=1S/C16H29N3OS/c1-4-7-14-8-5-6-10-19(14)16-18-13(2)15(21-16)12-17-9-11-20-3/h14,17H,4-12H2,1-3H3. The smallest absolute Gasteiger partial charge is 0.186 e. The zero-order chi connectivity index (χ0) is 15.1. The molecule has 21 heavy (non-hydrogen) atoms. The van der Waals surface area contributed by atoms with Gasteiger partial charge in [0.1, 0.15) is 0 Å². The van der Waals surface area contributed by atoms with Gasteiger partial charge in [0.15, 0.2) is 5.13 Å². The number of ether oxygens (including phenoxy) is 1. The van der Waals surface area contributed by atoms with E-state index in [2.05, 4.69) is 24.1 Å². The number of nitrogens with one attached hydrogen (secondary N) is 1. The molecule has 5 heteroatoms. The summed E-state index contributed by atoms with van der Waals surface area (Å²) in [6, 6.07) is 0.698. The van der Waals surface area contributed by atoms with E-state index in [1.165, 1.54) is 54.4 Å². The van der Waals surface area contributed by atoms with E-state index in [0.717, 1.165) is 19.7 Å². The molecule has 1 atom stereocenters. The molecular weight excluding hydrogens is 282 g/mol. The largest absolute Gasteiger partial charge is 0.383 e. The number of nitrogens with zero attached hydrogens (tertiary/aromatic N) is 2. The van der Waals surface area contributed by atoms with Gasteiger partial charge in [0, 0.05) is 37.7 Å². The fraction of sp³-hybridized carbons (Fsp3) is 0.812. The summed E-state index contributed by atoms with van der Waals surface area (Å²) in [5, 5.41) is 4.65. The van der Waals surface area contributed by atoms with Crippen LogP contribution in [-0.2, 0) is 11.3 Å². The predicted molar refractivity (Wildman–Crippen MR) is 90.3 cm³/mol. The fourth-order valence-electron chi connectivity index (χ4n) is 2.96. The van der Waals surface area contributed by atoms with E-state index < -0.39 is 0 Å². The zero-order valence-corrected chi connectivity index (χ0v) is 14.5. The summed E-state index contributed by atoms with van der Waals surface area (Å²) in [4.78, 5) is 8.76. The number of rotatable bonds is 8. The Morgan fingerprint density at radius 3 is 3.05 bits per heavy atom. The summed E-state index contributed by atoms with van der Waals surface area (Å²) in [6.45, 7) is 8.14. The van der Waals surface area contributed by atoms with Crippen LogP contribution >= 0.6 is 11.3 Å². The van der Waals surface area contributed by atoms with Gasteiger partial charge < -0.3 is 15.0 Å². The molecule has 1 unspecified atom stereocenters. The second-order valence-corrected chi connectivity index (χ2v) is 6.87. The monoisotopic (exact) mass is 311 g/mol. The molecule has 2 rings (SSSR count). The van der Waals surface area contributed by atoms with Crippen molar-refractivity contribution < 1.29 is 4.74 Å². The minimum Gasteiger partial charge on any atom is -0.383 e. The molecule has 0 saturated carbocycles. The number of anilines is 1. The van der Waals surface area contributed by atoms with Crippen LogP contribution in [0.2, 0.25) is 0 Å². The maximum absolute atomic E-state index is 5.07. The normalized spacial score (nSPS) is 19.2. The van der Waals surface area contributed by atoms with Crippen molar-refractivity contribution in [3.05, 3.63) is 10.6 Å². The third-order valence-corrected chi connectivity index (χ3v) is 5.34. The maximum Gasteiger partial charge on any atom is 0.186 e. The molecule has 1 aliphatic rings. The van der Waals surface area contributed by atoms with Crippen molar-refractivity contribution in [2.24, 2.45) is 0 Å². The van der Waals surface area contributed by atoms with E-state index in [0.29, 0.717) is 6.04 Å². The molecule has 120 valence electrons. The van der Waals surface area contributed by atoms with Gasteiger partial charge >= 0.3 is 0 Å². The highest BCUT2D eigenvalue weighted by Crippen LogP contribution is 2.32. The van der Waals surface area contributed by atoms with E-state index in [9.17, 15) is 0 Å². The Kier molecular flexibility index (Phi) is 6.93. The van der Waals surface area contributed by atoms with Crippen molar-refractivity contribution in [2.45, 2.75) is 58.5 Å². The Balaban J connectivity index is 1.98. The van der Waals surface area contributed by atoms with Crippen molar-refractivity contribution >= 4 is 16.5 Å². The molecular formula is C16H29N3OS. The van der Waals surface area contributed by atoms with Crippen molar-refractivity contribution in [2.75, 3.05) is 31.7 Å². The number of hydrogen-bond donors (Lipinski definition) is 1. The Morgan fingerprint density at radius 1 is 1.43 bits per heavy atom. The van der Waals surface area contributed by atoms with Gasteiger partial charge in [0.05, 0.1) is 12.3 Å². The van der Waals surface area contributed by atoms with Crippen molar-refractivity contribution in [1.29, 1.82) is 0 Å². The van der Waals surface area contributed by atoms with Crippen LogP contribution < -0.4 is 10.2 Å². The average Bonchev–Trinajstić information content (AvgIpc) is 2.86. The van der Waals surface area contributed by atoms with Crippen LogP contribution in [-0.4, -0.2) is 37.8 Å². The van der Waals surface area contributed by atoms with Gasteiger partial charge in [0.2, 0.25) is 0 Å². The number of hydrogen-bond acceptors (Lipinski definition) is 5. The second-order valence-electron chi connectivity index (χ2n) is 5.81. The van der Waals surface area contributed by atoms with Crippen LogP contribution in [0.25, 0.3) is 0 Å². The fourth-order valence-corrected chi connectivity index (χ4v) is 4.09. The average molecular weight is 311 g/mol.